The Kier molecular flexibility index (Phi) is 78.1. The predicted octanol–water partition coefficient (Wildman–Crippen LogP) is -6.06. The maximum Gasteiger partial charge on any atom is 0.0974 e. The number of hydrogen-bond donors (Lipinski definition) is 6. The van der Waals surface area contributed by atoms with Crippen molar-refractivity contribution in [2.45, 2.75) is 0 Å². The Morgan fingerprint density at radius 3 is 0.583 bits per heavy atom. The van der Waals surface area contributed by atoms with Gasteiger partial charge in [0.1, 0.15) is 0 Å². The highest BCUT2D eigenvalue weighted by Gasteiger charge is 1.61. The summed E-state index contributed by atoms with van der Waals surface area (Å²) in [7, 11) is 0. The number of rotatable bonds is 3. The minimum atomic E-state index is -1.75. The van der Waals surface area contributed by atoms with Crippen LogP contribution in [0.3, 0.4) is 0 Å². The van der Waals surface area contributed by atoms with Gasteiger partial charge in [0.05, 0.1) is 54.7 Å². The lowest BCUT2D eigenvalue weighted by molar-refractivity contribution is -0.403. The van der Waals surface area contributed by atoms with Crippen molar-refractivity contribution in [1.29, 1.82) is 0 Å². The Balaban J connectivity index is -0.0000000405. The first kappa shape index (κ1) is 37.5. The van der Waals surface area contributed by atoms with Crippen molar-refractivity contribution in [3.63, 3.8) is 0 Å². The molecule has 0 aliphatic rings. The number of quaternary nitrogens is 3. The topological polar surface area (TPSA) is 342 Å². The largest absolute Gasteiger partial charge is 0.391 e. The van der Waals surface area contributed by atoms with Crippen LogP contribution in [-0.4, -0.2) is 70.0 Å². The second-order valence-corrected chi connectivity index (χ2v) is 2.40. The SMILES string of the molecule is O=[N+]([O-])[O-].O=[N+]([O-])[O-].O=[N+]([O-])[O-].[NH3+]CCO.[NH3+]CCO.[NH3+]CCO. The van der Waals surface area contributed by atoms with Crippen molar-refractivity contribution in [2.75, 3.05) is 39.5 Å². The molecule has 150 valence electrons. The molecule has 0 rings (SSSR count). The molecule has 0 bridgehead atoms. The third-order valence-electron chi connectivity index (χ3n) is 0.474. The van der Waals surface area contributed by atoms with Crippen LogP contribution in [0.25, 0.3) is 0 Å². The van der Waals surface area contributed by atoms with E-state index in [9.17, 15) is 0 Å². The van der Waals surface area contributed by atoms with Gasteiger partial charge < -0.3 is 78.5 Å². The summed E-state index contributed by atoms with van der Waals surface area (Å²) >= 11 is 0. The normalized spacial score (nSPS) is 6.75. The number of aliphatic hydroxyl groups excluding tert-OH is 3. The number of hydrogen-bond acceptors (Lipinski definition) is 12. The molecule has 0 aromatic carbocycles. The lowest BCUT2D eigenvalue weighted by Gasteiger charge is -1.74. The molecule has 18 heteroatoms. The van der Waals surface area contributed by atoms with E-state index in [-0.39, 0.29) is 19.8 Å². The Hall–Kier alpha value is -2.64. The Labute approximate surface area is 134 Å². The van der Waals surface area contributed by atoms with Gasteiger partial charge in [-0.05, 0) is 0 Å². The summed E-state index contributed by atoms with van der Waals surface area (Å²) in [6.07, 6.45) is 0. The molecular weight excluding hydrogens is 348 g/mol. The molecule has 0 saturated carbocycles. The minimum absolute atomic E-state index is 0.208. The molecule has 0 heterocycles. The summed E-state index contributed by atoms with van der Waals surface area (Å²) in [5.41, 5.74) is 10.1. The van der Waals surface area contributed by atoms with Gasteiger partial charge in [-0.15, -0.1) is 0 Å². The van der Waals surface area contributed by atoms with Crippen LogP contribution in [-0.2, 0) is 0 Å². The van der Waals surface area contributed by atoms with Crippen molar-refractivity contribution in [3.05, 3.63) is 46.0 Å². The zero-order valence-electron chi connectivity index (χ0n) is 12.7. The summed E-state index contributed by atoms with van der Waals surface area (Å²) in [6, 6.07) is 0. The van der Waals surface area contributed by atoms with Gasteiger partial charge in [-0.1, -0.05) is 0 Å². The van der Waals surface area contributed by atoms with Crippen molar-refractivity contribution in [1.82, 2.24) is 0 Å². The number of nitrogens with zero attached hydrogens (tertiary/aromatic N) is 3. The molecule has 0 aliphatic carbocycles. The van der Waals surface area contributed by atoms with Crippen LogP contribution in [0.2, 0.25) is 0 Å². The van der Waals surface area contributed by atoms with Crippen molar-refractivity contribution < 1.29 is 47.8 Å². The summed E-state index contributed by atoms with van der Waals surface area (Å²) < 4.78 is 0. The quantitative estimate of drug-likeness (QED) is 0.199. The van der Waals surface area contributed by atoms with Crippen molar-refractivity contribution in [2.24, 2.45) is 0 Å². The highest BCUT2D eigenvalue weighted by atomic mass is 16.9. The fourth-order valence-corrected chi connectivity index (χ4v) is 0. The standard InChI is InChI=1S/3C2H7NO.3NO3/c3*3-1-2-4;3*2-1(3)4/h3*4H,1-3H2;;;/q;;;3*-1/p+3. The molecule has 0 aromatic rings. The van der Waals surface area contributed by atoms with Crippen molar-refractivity contribution in [3.8, 4) is 0 Å². The first-order valence-electron chi connectivity index (χ1n) is 5.59. The molecule has 0 amide bonds. The van der Waals surface area contributed by atoms with Gasteiger partial charge in [0.2, 0.25) is 0 Å². The van der Waals surface area contributed by atoms with Crippen molar-refractivity contribution >= 4 is 0 Å². The zero-order chi connectivity index (χ0) is 21.0. The molecule has 0 atom stereocenters. The van der Waals surface area contributed by atoms with Gasteiger partial charge in [0.25, 0.3) is 0 Å². The lowest BCUT2D eigenvalue weighted by Crippen LogP contribution is -2.51. The average Bonchev–Trinajstić information content (AvgIpc) is 2.45. The van der Waals surface area contributed by atoms with Gasteiger partial charge in [-0.3, -0.25) is 0 Å². The summed E-state index contributed by atoms with van der Waals surface area (Å²) in [5, 5.41) is 67.7. The van der Waals surface area contributed by atoms with E-state index in [0.29, 0.717) is 19.6 Å². The van der Waals surface area contributed by atoms with Gasteiger partial charge in [-0.2, -0.15) is 0 Å². The van der Waals surface area contributed by atoms with E-state index in [2.05, 4.69) is 17.2 Å². The third-order valence-corrected chi connectivity index (χ3v) is 0.474. The minimum Gasteiger partial charge on any atom is -0.391 e. The van der Waals surface area contributed by atoms with Crippen LogP contribution in [0.15, 0.2) is 0 Å². The zero-order valence-corrected chi connectivity index (χ0v) is 12.7. The molecule has 0 fully saturated rings. The van der Waals surface area contributed by atoms with Gasteiger partial charge in [0.15, 0.2) is 0 Å². The van der Waals surface area contributed by atoms with Crippen LogP contribution in [0.4, 0.5) is 0 Å². The van der Waals surface area contributed by atoms with Gasteiger partial charge in [-0.25, -0.2) is 0 Å². The second kappa shape index (κ2) is 50.0. The van der Waals surface area contributed by atoms with E-state index in [1.807, 2.05) is 0 Å². The third kappa shape index (κ3) is 50400. The predicted molar refractivity (Wildman–Crippen MR) is 75.6 cm³/mol. The fraction of sp³-hybridized carbons (Fsp3) is 1.00. The molecule has 0 spiro atoms. The smallest absolute Gasteiger partial charge is 0.0974 e. The van der Waals surface area contributed by atoms with Gasteiger partial charge >= 0.3 is 0 Å². The lowest BCUT2D eigenvalue weighted by atomic mass is 10.8. The van der Waals surface area contributed by atoms with E-state index >= 15 is 0 Å². The van der Waals surface area contributed by atoms with Gasteiger partial charge in [0, 0.05) is 0 Å². The Bertz CT molecular complexity index is 188. The number of aliphatic hydroxyl groups is 3. The summed E-state index contributed by atoms with van der Waals surface area (Å²) in [4.78, 5) is 24.8. The first-order chi connectivity index (χ1) is 10.9. The van der Waals surface area contributed by atoms with Crippen LogP contribution < -0.4 is 17.2 Å². The molecule has 0 aromatic heterocycles. The highest BCUT2D eigenvalue weighted by Crippen LogP contribution is 1.45. The van der Waals surface area contributed by atoms with Crippen LogP contribution in [0, 0.1) is 46.0 Å². The summed E-state index contributed by atoms with van der Waals surface area (Å²) in [6.45, 7) is 2.50. The van der Waals surface area contributed by atoms with Crippen LogP contribution in [0.5, 0.6) is 0 Å². The van der Waals surface area contributed by atoms with Crippen LogP contribution in [0.1, 0.15) is 0 Å². The molecular formula is C6H24N6O12. The van der Waals surface area contributed by atoms with E-state index in [4.69, 9.17) is 61.3 Å². The second-order valence-electron chi connectivity index (χ2n) is 2.40. The fourth-order valence-electron chi connectivity index (χ4n) is 0. The molecule has 0 radical (unpaired) electrons. The molecule has 12 N–H and O–H groups in total. The molecule has 0 unspecified atom stereocenters. The first-order valence-corrected chi connectivity index (χ1v) is 5.59. The van der Waals surface area contributed by atoms with Crippen LogP contribution >= 0.6 is 0 Å². The molecule has 0 saturated heterocycles. The van der Waals surface area contributed by atoms with E-state index < -0.39 is 15.3 Å². The average molecular weight is 372 g/mol. The Morgan fingerprint density at radius 2 is 0.583 bits per heavy atom. The molecule has 24 heavy (non-hydrogen) atoms. The van der Waals surface area contributed by atoms with E-state index in [1.54, 1.807) is 0 Å². The highest BCUT2D eigenvalue weighted by molar-refractivity contribution is 4.05. The molecule has 18 nitrogen and oxygen atoms in total. The monoisotopic (exact) mass is 372 g/mol. The molecule has 0 aliphatic heterocycles. The van der Waals surface area contributed by atoms with E-state index in [0.717, 1.165) is 0 Å². The Morgan fingerprint density at radius 1 is 0.542 bits per heavy atom. The summed E-state index contributed by atoms with van der Waals surface area (Å²) in [5.74, 6) is 0. The maximum absolute atomic E-state index is 8.25. The maximum atomic E-state index is 8.25. The van der Waals surface area contributed by atoms with E-state index in [1.165, 1.54) is 0 Å².